The van der Waals surface area contributed by atoms with Crippen LogP contribution in [0.3, 0.4) is 0 Å². The summed E-state index contributed by atoms with van der Waals surface area (Å²) in [6.07, 6.45) is -1.86. The van der Waals surface area contributed by atoms with E-state index in [0.29, 0.717) is 0 Å². The molecule has 3 aromatic carbocycles. The maximum atomic E-state index is 13.5. The van der Waals surface area contributed by atoms with Crippen LogP contribution in [0, 0.1) is 5.92 Å². The normalized spacial score (nSPS) is 13.6. The quantitative estimate of drug-likeness (QED) is 0.181. The number of amides is 4. The summed E-state index contributed by atoms with van der Waals surface area (Å²) in [5.74, 6) is -1.74. The highest BCUT2D eigenvalue weighted by molar-refractivity contribution is 5.91. The molecule has 0 spiro atoms. The van der Waals surface area contributed by atoms with Crippen molar-refractivity contribution >= 4 is 23.8 Å². The van der Waals surface area contributed by atoms with Gasteiger partial charge in [-0.1, -0.05) is 105 Å². The molecule has 0 saturated heterocycles. The molecule has 3 rings (SSSR count). The van der Waals surface area contributed by atoms with Crippen LogP contribution in [0.5, 0.6) is 0 Å². The molecule has 44 heavy (non-hydrogen) atoms. The lowest BCUT2D eigenvalue weighted by molar-refractivity contribution is -0.134. The van der Waals surface area contributed by atoms with E-state index in [4.69, 9.17) is 4.74 Å². The van der Waals surface area contributed by atoms with Crippen LogP contribution in [0.2, 0.25) is 0 Å². The van der Waals surface area contributed by atoms with Crippen LogP contribution >= 0.6 is 0 Å². The number of hydrogen-bond donors (Lipinski definition) is 5. The van der Waals surface area contributed by atoms with Gasteiger partial charge in [-0.3, -0.25) is 14.4 Å². The van der Waals surface area contributed by atoms with Crippen LogP contribution in [0.1, 0.15) is 43.9 Å². The molecule has 5 N–H and O–H groups in total. The second-order valence-corrected chi connectivity index (χ2v) is 11.1. The Morgan fingerprint density at radius 2 is 1.23 bits per heavy atom. The predicted molar refractivity (Wildman–Crippen MR) is 167 cm³/mol. The molecule has 10 heteroatoms. The highest BCUT2D eigenvalue weighted by atomic mass is 16.5. The number of nitrogens with one attached hydrogen (secondary N) is 4. The maximum absolute atomic E-state index is 13.5. The molecular formula is C34H42N4O6. The van der Waals surface area contributed by atoms with Gasteiger partial charge in [0.15, 0.2) is 6.10 Å². The van der Waals surface area contributed by atoms with Crippen molar-refractivity contribution in [1.29, 1.82) is 0 Å². The molecule has 10 nitrogen and oxygen atoms in total. The summed E-state index contributed by atoms with van der Waals surface area (Å²) in [6.45, 7) is 5.56. The van der Waals surface area contributed by atoms with Gasteiger partial charge in [0.05, 0.1) is 6.04 Å². The first kappa shape index (κ1) is 33.8. The Kier molecular flexibility index (Phi) is 13.4. The highest BCUT2D eigenvalue weighted by Gasteiger charge is 2.32. The lowest BCUT2D eigenvalue weighted by Crippen LogP contribution is -2.58. The lowest BCUT2D eigenvalue weighted by atomic mass is 9.98. The molecule has 234 valence electrons. The number of carbonyl (C=O) groups excluding carboxylic acids is 4. The van der Waals surface area contributed by atoms with E-state index in [-0.39, 0.29) is 31.9 Å². The number of carbonyl (C=O) groups is 4. The fourth-order valence-electron chi connectivity index (χ4n) is 4.47. The summed E-state index contributed by atoms with van der Waals surface area (Å²) in [5.41, 5.74) is 2.47. The van der Waals surface area contributed by atoms with Crippen molar-refractivity contribution in [2.45, 2.75) is 71.0 Å². The third kappa shape index (κ3) is 11.5. The molecule has 0 heterocycles. The molecule has 0 fully saturated rings. The van der Waals surface area contributed by atoms with E-state index >= 15 is 0 Å². The third-order valence-corrected chi connectivity index (χ3v) is 6.87. The Bertz CT molecular complexity index is 1340. The number of hydrogen-bond acceptors (Lipinski definition) is 6. The molecule has 0 aromatic heterocycles. The van der Waals surface area contributed by atoms with E-state index in [1.54, 1.807) is 0 Å². The standard InChI is InChI=1S/C34H42N4O6/c1-23(2)19-29(38-31(40)24(3)36-34(43)44-22-27-17-11-6-12-18-27)32(41)37-28(20-25-13-7-4-8-14-25)30(39)33(42)35-21-26-15-9-5-10-16-26/h4-18,23-24,28-30,39H,19-22H2,1-3H3,(H,35,42)(H,36,43)(H,37,41)(H,38,40)/t24-,28?,29-,30-/m0/s1. The van der Waals surface area contributed by atoms with Crippen molar-refractivity contribution in [2.24, 2.45) is 5.92 Å². The molecule has 0 saturated carbocycles. The van der Waals surface area contributed by atoms with Crippen LogP contribution in [0.15, 0.2) is 91.0 Å². The molecule has 0 aliphatic carbocycles. The summed E-state index contributed by atoms with van der Waals surface area (Å²) in [5, 5.41) is 21.8. The van der Waals surface area contributed by atoms with E-state index in [0.717, 1.165) is 16.7 Å². The van der Waals surface area contributed by atoms with Gasteiger partial charge in [-0.05, 0) is 42.4 Å². The third-order valence-electron chi connectivity index (χ3n) is 6.87. The average Bonchev–Trinajstić information content (AvgIpc) is 3.02. The highest BCUT2D eigenvalue weighted by Crippen LogP contribution is 2.11. The number of aliphatic hydroxyl groups is 1. The molecule has 0 aliphatic rings. The molecule has 4 amide bonds. The Hall–Kier alpha value is -4.70. The fourth-order valence-corrected chi connectivity index (χ4v) is 4.47. The van der Waals surface area contributed by atoms with E-state index in [1.165, 1.54) is 6.92 Å². The van der Waals surface area contributed by atoms with Gasteiger partial charge in [0.2, 0.25) is 11.8 Å². The van der Waals surface area contributed by atoms with Gasteiger partial charge in [-0.2, -0.15) is 0 Å². The molecule has 3 aromatic rings. The topological polar surface area (TPSA) is 146 Å². The summed E-state index contributed by atoms with van der Waals surface area (Å²) in [6, 6.07) is 24.6. The molecular weight excluding hydrogens is 560 g/mol. The summed E-state index contributed by atoms with van der Waals surface area (Å²) < 4.78 is 5.20. The lowest BCUT2D eigenvalue weighted by Gasteiger charge is -2.28. The van der Waals surface area contributed by atoms with Gasteiger partial charge >= 0.3 is 6.09 Å². The van der Waals surface area contributed by atoms with Gasteiger partial charge in [0, 0.05) is 6.54 Å². The van der Waals surface area contributed by atoms with Crippen molar-refractivity contribution < 1.29 is 29.0 Å². The van der Waals surface area contributed by atoms with Gasteiger partial charge in [-0.25, -0.2) is 4.79 Å². The Balaban J connectivity index is 1.65. The van der Waals surface area contributed by atoms with Crippen LogP contribution in [0.4, 0.5) is 4.79 Å². The number of ether oxygens (including phenoxy) is 1. The zero-order valence-corrected chi connectivity index (χ0v) is 25.4. The zero-order chi connectivity index (χ0) is 31.9. The van der Waals surface area contributed by atoms with E-state index in [2.05, 4.69) is 21.3 Å². The van der Waals surface area contributed by atoms with Crippen LogP contribution in [0.25, 0.3) is 0 Å². The van der Waals surface area contributed by atoms with Gasteiger partial charge in [0.25, 0.3) is 5.91 Å². The minimum atomic E-state index is -1.56. The van der Waals surface area contributed by atoms with Crippen LogP contribution in [-0.4, -0.2) is 53.2 Å². The summed E-state index contributed by atoms with van der Waals surface area (Å²) in [7, 11) is 0. The number of rotatable bonds is 15. The number of alkyl carbamates (subject to hydrolysis) is 1. The smallest absolute Gasteiger partial charge is 0.408 e. The van der Waals surface area contributed by atoms with E-state index in [9.17, 15) is 24.3 Å². The average molecular weight is 603 g/mol. The number of aliphatic hydroxyl groups excluding tert-OH is 1. The molecule has 0 bridgehead atoms. The van der Waals surface area contributed by atoms with Crippen molar-refractivity contribution in [3.05, 3.63) is 108 Å². The van der Waals surface area contributed by atoms with Crippen molar-refractivity contribution in [2.75, 3.05) is 0 Å². The molecule has 0 radical (unpaired) electrons. The zero-order valence-electron chi connectivity index (χ0n) is 25.4. The van der Waals surface area contributed by atoms with Gasteiger partial charge in [-0.15, -0.1) is 0 Å². The van der Waals surface area contributed by atoms with Crippen molar-refractivity contribution in [3.8, 4) is 0 Å². The second-order valence-electron chi connectivity index (χ2n) is 11.1. The maximum Gasteiger partial charge on any atom is 0.408 e. The largest absolute Gasteiger partial charge is 0.445 e. The Morgan fingerprint density at radius 1 is 0.682 bits per heavy atom. The van der Waals surface area contributed by atoms with Crippen LogP contribution < -0.4 is 21.3 Å². The van der Waals surface area contributed by atoms with Crippen molar-refractivity contribution in [1.82, 2.24) is 21.3 Å². The second kappa shape index (κ2) is 17.4. The van der Waals surface area contributed by atoms with Gasteiger partial charge in [0.1, 0.15) is 18.7 Å². The first-order valence-corrected chi connectivity index (χ1v) is 14.7. The summed E-state index contributed by atoms with van der Waals surface area (Å²) in [4.78, 5) is 51.8. The summed E-state index contributed by atoms with van der Waals surface area (Å²) >= 11 is 0. The Morgan fingerprint density at radius 3 is 1.80 bits per heavy atom. The van der Waals surface area contributed by atoms with E-state index < -0.39 is 48.0 Å². The van der Waals surface area contributed by atoms with Gasteiger partial charge < -0.3 is 31.1 Å². The van der Waals surface area contributed by atoms with Crippen LogP contribution in [-0.2, 0) is 38.7 Å². The minimum Gasteiger partial charge on any atom is -0.445 e. The fraction of sp³-hybridized carbons (Fsp3) is 0.353. The number of benzene rings is 3. The first-order valence-electron chi connectivity index (χ1n) is 14.7. The SMILES string of the molecule is CC(C)C[C@H](NC(=O)[C@H](C)NC(=O)OCc1ccccc1)C(=O)NC(Cc1ccccc1)[C@H](O)C(=O)NCc1ccccc1. The monoisotopic (exact) mass is 602 g/mol. The Labute approximate surface area is 258 Å². The molecule has 0 aliphatic heterocycles. The minimum absolute atomic E-state index is 0.0248. The first-order chi connectivity index (χ1) is 21.1. The van der Waals surface area contributed by atoms with E-state index in [1.807, 2.05) is 105 Å². The molecule has 1 unspecified atom stereocenters. The van der Waals surface area contributed by atoms with Crippen molar-refractivity contribution in [3.63, 3.8) is 0 Å². The predicted octanol–water partition coefficient (Wildman–Crippen LogP) is 3.24. The molecule has 4 atom stereocenters.